The Bertz CT molecular complexity index is 338. The number of amides is 1. The van der Waals surface area contributed by atoms with Crippen LogP contribution in [-0.2, 0) is 4.79 Å². The van der Waals surface area contributed by atoms with E-state index < -0.39 is 0 Å². The van der Waals surface area contributed by atoms with E-state index in [0.717, 1.165) is 25.4 Å². The molecule has 0 saturated carbocycles. The summed E-state index contributed by atoms with van der Waals surface area (Å²) in [5, 5.41) is 3.47. The van der Waals surface area contributed by atoms with Crippen molar-refractivity contribution in [2.75, 3.05) is 20.1 Å². The number of carbonyl (C=O) groups excluding carboxylic acids is 1. The smallest absolute Gasteiger partial charge is 0.219 e. The number of hydrogen-bond acceptors (Lipinski definition) is 2. The standard InChI is InChI=1S/C18H36N2O/c1-14(21)20(7)18(5,6)13-16(12-17(2,3)4)15-8-10-19-11-9-15/h15-16,19H,8-13H2,1-7H3. The third-order valence-corrected chi connectivity index (χ3v) is 5.07. The molecule has 0 spiro atoms. The largest absolute Gasteiger partial charge is 0.341 e. The van der Waals surface area contributed by atoms with Crippen LogP contribution >= 0.6 is 0 Å². The van der Waals surface area contributed by atoms with Gasteiger partial charge in [0.2, 0.25) is 5.91 Å². The molecule has 3 nitrogen and oxygen atoms in total. The Labute approximate surface area is 131 Å². The first-order valence-electron chi connectivity index (χ1n) is 8.48. The molecule has 124 valence electrons. The van der Waals surface area contributed by atoms with Crippen LogP contribution in [0.25, 0.3) is 0 Å². The van der Waals surface area contributed by atoms with Crippen molar-refractivity contribution < 1.29 is 4.79 Å². The van der Waals surface area contributed by atoms with Crippen LogP contribution in [-0.4, -0.2) is 36.5 Å². The average molecular weight is 296 g/mol. The second-order valence-corrected chi connectivity index (χ2v) is 8.71. The summed E-state index contributed by atoms with van der Waals surface area (Å²) in [7, 11) is 1.94. The lowest BCUT2D eigenvalue weighted by Crippen LogP contribution is -2.47. The molecule has 1 fully saturated rings. The lowest BCUT2D eigenvalue weighted by molar-refractivity contribution is -0.133. The van der Waals surface area contributed by atoms with Gasteiger partial charge in [-0.3, -0.25) is 4.79 Å². The number of rotatable bonds is 5. The summed E-state index contributed by atoms with van der Waals surface area (Å²) in [5.74, 6) is 1.66. The summed E-state index contributed by atoms with van der Waals surface area (Å²) in [6, 6.07) is 0. The maximum Gasteiger partial charge on any atom is 0.219 e. The lowest BCUT2D eigenvalue weighted by atomic mass is 9.70. The topological polar surface area (TPSA) is 32.3 Å². The van der Waals surface area contributed by atoms with Gasteiger partial charge in [0.15, 0.2) is 0 Å². The van der Waals surface area contributed by atoms with Crippen molar-refractivity contribution in [3.63, 3.8) is 0 Å². The molecule has 1 aliphatic rings. The van der Waals surface area contributed by atoms with Crippen LogP contribution in [0.2, 0.25) is 0 Å². The molecule has 1 heterocycles. The van der Waals surface area contributed by atoms with Crippen molar-refractivity contribution in [1.82, 2.24) is 10.2 Å². The maximum absolute atomic E-state index is 11.7. The van der Waals surface area contributed by atoms with Crippen LogP contribution in [0.4, 0.5) is 0 Å². The molecule has 1 rings (SSSR count). The first-order chi connectivity index (χ1) is 9.53. The van der Waals surface area contributed by atoms with Gasteiger partial charge in [-0.05, 0) is 69.9 Å². The molecule has 0 radical (unpaired) electrons. The van der Waals surface area contributed by atoms with Gasteiger partial charge < -0.3 is 10.2 Å². The average Bonchev–Trinajstić information content (AvgIpc) is 2.36. The van der Waals surface area contributed by atoms with E-state index in [-0.39, 0.29) is 11.4 Å². The van der Waals surface area contributed by atoms with Crippen LogP contribution in [0.1, 0.15) is 67.2 Å². The predicted molar refractivity (Wildman–Crippen MR) is 90.3 cm³/mol. The van der Waals surface area contributed by atoms with Crippen molar-refractivity contribution in [2.45, 2.75) is 72.8 Å². The highest BCUT2D eigenvalue weighted by Crippen LogP contribution is 2.38. The molecule has 3 heteroatoms. The Morgan fingerprint density at radius 2 is 1.67 bits per heavy atom. The highest BCUT2D eigenvalue weighted by Gasteiger charge is 2.35. The summed E-state index contributed by atoms with van der Waals surface area (Å²) in [6.45, 7) is 15.4. The summed E-state index contributed by atoms with van der Waals surface area (Å²) >= 11 is 0. The van der Waals surface area contributed by atoms with Crippen LogP contribution in [0.5, 0.6) is 0 Å². The van der Waals surface area contributed by atoms with E-state index >= 15 is 0 Å². The summed E-state index contributed by atoms with van der Waals surface area (Å²) < 4.78 is 0. The fourth-order valence-electron chi connectivity index (χ4n) is 3.71. The Kier molecular flexibility index (Phi) is 6.27. The van der Waals surface area contributed by atoms with Crippen LogP contribution in [0.3, 0.4) is 0 Å². The van der Waals surface area contributed by atoms with E-state index in [4.69, 9.17) is 0 Å². The molecule has 0 aromatic rings. The fraction of sp³-hybridized carbons (Fsp3) is 0.944. The minimum atomic E-state index is -0.0629. The zero-order valence-corrected chi connectivity index (χ0v) is 15.3. The number of nitrogens with zero attached hydrogens (tertiary/aromatic N) is 1. The molecule has 1 saturated heterocycles. The Balaban J connectivity index is 2.82. The van der Waals surface area contributed by atoms with E-state index in [1.807, 2.05) is 11.9 Å². The van der Waals surface area contributed by atoms with E-state index in [2.05, 4.69) is 39.9 Å². The first kappa shape index (κ1) is 18.5. The Morgan fingerprint density at radius 3 is 2.10 bits per heavy atom. The molecule has 0 aromatic carbocycles. The van der Waals surface area contributed by atoms with Crippen molar-refractivity contribution in [1.29, 1.82) is 0 Å². The monoisotopic (exact) mass is 296 g/mol. The van der Waals surface area contributed by atoms with Gasteiger partial charge in [-0.15, -0.1) is 0 Å². The highest BCUT2D eigenvalue weighted by molar-refractivity contribution is 5.73. The van der Waals surface area contributed by atoms with Gasteiger partial charge in [0.25, 0.3) is 0 Å². The molecular formula is C18H36N2O. The number of carbonyl (C=O) groups is 1. The van der Waals surface area contributed by atoms with Gasteiger partial charge in [0, 0.05) is 19.5 Å². The van der Waals surface area contributed by atoms with E-state index in [1.54, 1.807) is 6.92 Å². The van der Waals surface area contributed by atoms with Gasteiger partial charge in [0.05, 0.1) is 0 Å². The van der Waals surface area contributed by atoms with Crippen molar-refractivity contribution >= 4 is 5.91 Å². The third kappa shape index (κ3) is 5.98. The third-order valence-electron chi connectivity index (χ3n) is 5.07. The summed E-state index contributed by atoms with van der Waals surface area (Å²) in [5.41, 5.74) is 0.285. The highest BCUT2D eigenvalue weighted by atomic mass is 16.2. The summed E-state index contributed by atoms with van der Waals surface area (Å²) in [6.07, 6.45) is 4.90. The normalized spacial score (nSPS) is 19.4. The zero-order chi connectivity index (χ0) is 16.3. The molecular weight excluding hydrogens is 260 g/mol. The molecule has 0 aliphatic carbocycles. The SMILES string of the molecule is CC(=O)N(C)C(C)(C)CC(CC(C)(C)C)C1CCNCC1. The zero-order valence-electron chi connectivity index (χ0n) is 15.3. The number of hydrogen-bond donors (Lipinski definition) is 1. The Morgan fingerprint density at radius 1 is 1.14 bits per heavy atom. The maximum atomic E-state index is 11.7. The van der Waals surface area contributed by atoms with Gasteiger partial charge in [-0.25, -0.2) is 0 Å². The van der Waals surface area contributed by atoms with Crippen LogP contribution < -0.4 is 5.32 Å². The van der Waals surface area contributed by atoms with Crippen molar-refractivity contribution in [2.24, 2.45) is 17.3 Å². The molecule has 1 N–H and O–H groups in total. The van der Waals surface area contributed by atoms with Gasteiger partial charge in [0.1, 0.15) is 0 Å². The molecule has 0 bridgehead atoms. The quantitative estimate of drug-likeness (QED) is 0.839. The molecule has 1 atom stereocenters. The van der Waals surface area contributed by atoms with Gasteiger partial charge in [-0.2, -0.15) is 0 Å². The predicted octanol–water partition coefficient (Wildman–Crippen LogP) is 3.69. The Hall–Kier alpha value is -0.570. The van der Waals surface area contributed by atoms with Crippen LogP contribution in [0, 0.1) is 17.3 Å². The second-order valence-electron chi connectivity index (χ2n) is 8.71. The minimum absolute atomic E-state index is 0.0629. The van der Waals surface area contributed by atoms with E-state index in [9.17, 15) is 4.79 Å². The van der Waals surface area contributed by atoms with Crippen molar-refractivity contribution in [3.05, 3.63) is 0 Å². The summed E-state index contributed by atoms with van der Waals surface area (Å²) in [4.78, 5) is 13.7. The molecule has 21 heavy (non-hydrogen) atoms. The van der Waals surface area contributed by atoms with E-state index in [0.29, 0.717) is 11.3 Å². The van der Waals surface area contributed by atoms with E-state index in [1.165, 1.54) is 19.3 Å². The fourth-order valence-corrected chi connectivity index (χ4v) is 3.71. The first-order valence-corrected chi connectivity index (χ1v) is 8.48. The van der Waals surface area contributed by atoms with Crippen LogP contribution in [0.15, 0.2) is 0 Å². The molecule has 1 amide bonds. The molecule has 0 aromatic heterocycles. The number of nitrogens with one attached hydrogen (secondary N) is 1. The second kappa shape index (κ2) is 7.13. The number of piperidine rings is 1. The van der Waals surface area contributed by atoms with Gasteiger partial charge in [-0.1, -0.05) is 20.8 Å². The molecule has 1 unspecified atom stereocenters. The van der Waals surface area contributed by atoms with Gasteiger partial charge >= 0.3 is 0 Å². The lowest BCUT2D eigenvalue weighted by Gasteiger charge is -2.43. The minimum Gasteiger partial charge on any atom is -0.341 e. The molecule has 1 aliphatic heterocycles. The van der Waals surface area contributed by atoms with Crippen molar-refractivity contribution in [3.8, 4) is 0 Å².